The molecule has 0 spiro atoms. The largest absolute Gasteiger partial charge is 0.353 e. The van der Waals surface area contributed by atoms with Gasteiger partial charge in [-0.2, -0.15) is 0 Å². The molecule has 20 heavy (non-hydrogen) atoms. The van der Waals surface area contributed by atoms with E-state index in [1.807, 2.05) is 37.3 Å². The van der Waals surface area contributed by atoms with Crippen LogP contribution in [0, 0.1) is 18.6 Å². The second-order valence-corrected chi connectivity index (χ2v) is 4.58. The summed E-state index contributed by atoms with van der Waals surface area (Å²) in [6.07, 6.45) is 0. The summed E-state index contributed by atoms with van der Waals surface area (Å²) in [5.41, 5.74) is 2.65. The highest BCUT2D eigenvalue weighted by molar-refractivity contribution is 5.93. The summed E-state index contributed by atoms with van der Waals surface area (Å²) >= 11 is 0. The minimum atomic E-state index is -0.622. The third kappa shape index (κ3) is 2.32. The second kappa shape index (κ2) is 4.89. The molecular weight excluding hydrogens is 258 g/mol. The number of anilines is 2. The fourth-order valence-corrected chi connectivity index (χ4v) is 2.15. The zero-order chi connectivity index (χ0) is 14.1. The van der Waals surface area contributed by atoms with E-state index in [9.17, 15) is 8.78 Å². The predicted molar refractivity (Wildman–Crippen MR) is 76.1 cm³/mol. The Morgan fingerprint density at radius 1 is 0.950 bits per heavy atom. The number of aryl methyl sites for hydroxylation is 1. The van der Waals surface area contributed by atoms with Gasteiger partial charge in [-0.25, -0.2) is 8.78 Å². The molecule has 1 N–H and O–H groups in total. The number of hydrogen-bond donors (Lipinski definition) is 1. The Bertz CT molecular complexity index is 785. The molecule has 0 radical (unpaired) electrons. The number of hydrogen-bond acceptors (Lipinski definition) is 2. The number of nitrogens with one attached hydrogen (secondary N) is 1. The summed E-state index contributed by atoms with van der Waals surface area (Å²) < 4.78 is 26.6. The molecule has 3 rings (SSSR count). The molecule has 0 bridgehead atoms. The molecule has 0 aliphatic rings. The smallest absolute Gasteiger partial charge is 0.149 e. The first-order valence-electron chi connectivity index (χ1n) is 6.22. The van der Waals surface area contributed by atoms with E-state index in [0.717, 1.165) is 28.4 Å². The van der Waals surface area contributed by atoms with Crippen LogP contribution < -0.4 is 5.32 Å². The fraction of sp³-hybridized carbons (Fsp3) is 0.0625. The van der Waals surface area contributed by atoms with Crippen molar-refractivity contribution < 1.29 is 8.78 Å². The first-order chi connectivity index (χ1) is 9.63. The van der Waals surface area contributed by atoms with Crippen molar-refractivity contribution in [2.75, 3.05) is 5.32 Å². The minimum Gasteiger partial charge on any atom is -0.353 e. The molecule has 0 saturated carbocycles. The third-order valence-electron chi connectivity index (χ3n) is 3.04. The molecule has 100 valence electrons. The van der Waals surface area contributed by atoms with Crippen LogP contribution >= 0.6 is 0 Å². The number of pyridine rings is 1. The van der Waals surface area contributed by atoms with Crippen molar-refractivity contribution in [1.29, 1.82) is 0 Å². The molecule has 0 fully saturated rings. The molecule has 0 unspecified atom stereocenters. The second-order valence-electron chi connectivity index (χ2n) is 4.58. The minimum absolute atomic E-state index is 0.238. The molecule has 0 amide bonds. The highest BCUT2D eigenvalue weighted by Gasteiger charge is 2.07. The molecule has 0 atom stereocenters. The van der Waals surface area contributed by atoms with Gasteiger partial charge in [-0.3, -0.25) is 4.98 Å². The SMILES string of the molecule is Cc1cc(Nc2ccc(F)cc2F)c2ccccc2n1. The predicted octanol–water partition coefficient (Wildman–Crippen LogP) is 4.57. The van der Waals surface area contributed by atoms with Crippen LogP contribution in [0.3, 0.4) is 0 Å². The van der Waals surface area contributed by atoms with E-state index in [-0.39, 0.29) is 5.69 Å². The lowest BCUT2D eigenvalue weighted by Gasteiger charge is -2.11. The van der Waals surface area contributed by atoms with E-state index in [0.29, 0.717) is 0 Å². The molecule has 0 aliphatic carbocycles. The van der Waals surface area contributed by atoms with Gasteiger partial charge in [-0.15, -0.1) is 0 Å². The molecule has 1 heterocycles. The summed E-state index contributed by atoms with van der Waals surface area (Å²) in [6.45, 7) is 1.87. The summed E-state index contributed by atoms with van der Waals surface area (Å²) in [5, 5.41) is 3.89. The van der Waals surface area contributed by atoms with Crippen LogP contribution in [-0.4, -0.2) is 4.98 Å². The summed E-state index contributed by atoms with van der Waals surface area (Å²) in [4.78, 5) is 4.42. The van der Waals surface area contributed by atoms with Gasteiger partial charge >= 0.3 is 0 Å². The van der Waals surface area contributed by atoms with Crippen LogP contribution in [0.2, 0.25) is 0 Å². The molecule has 1 aromatic heterocycles. The fourth-order valence-electron chi connectivity index (χ4n) is 2.15. The maximum Gasteiger partial charge on any atom is 0.149 e. The first-order valence-corrected chi connectivity index (χ1v) is 6.22. The van der Waals surface area contributed by atoms with Gasteiger partial charge in [0.25, 0.3) is 0 Å². The molecule has 2 aromatic carbocycles. The number of rotatable bonds is 2. The maximum atomic E-state index is 13.7. The van der Waals surface area contributed by atoms with Crippen molar-refractivity contribution in [3.63, 3.8) is 0 Å². The monoisotopic (exact) mass is 270 g/mol. The lowest BCUT2D eigenvalue weighted by atomic mass is 10.1. The Hall–Kier alpha value is -2.49. The van der Waals surface area contributed by atoms with Crippen LogP contribution in [0.25, 0.3) is 10.9 Å². The van der Waals surface area contributed by atoms with Crippen molar-refractivity contribution in [1.82, 2.24) is 4.98 Å². The Balaban J connectivity index is 2.10. The van der Waals surface area contributed by atoms with Crippen LogP contribution in [0.4, 0.5) is 20.2 Å². The van der Waals surface area contributed by atoms with E-state index in [2.05, 4.69) is 10.3 Å². The molecule has 0 saturated heterocycles. The highest BCUT2D eigenvalue weighted by atomic mass is 19.1. The summed E-state index contributed by atoms with van der Waals surface area (Å²) in [5.74, 6) is -1.22. The van der Waals surface area contributed by atoms with Gasteiger partial charge in [-0.05, 0) is 31.2 Å². The van der Waals surface area contributed by atoms with Crippen molar-refractivity contribution in [3.8, 4) is 0 Å². The average molecular weight is 270 g/mol. The molecule has 4 heteroatoms. The quantitative estimate of drug-likeness (QED) is 0.738. The Morgan fingerprint density at radius 3 is 2.55 bits per heavy atom. The van der Waals surface area contributed by atoms with Crippen LogP contribution in [0.1, 0.15) is 5.69 Å². The molecule has 3 aromatic rings. The number of benzene rings is 2. The van der Waals surface area contributed by atoms with E-state index in [1.165, 1.54) is 12.1 Å². The van der Waals surface area contributed by atoms with Crippen molar-refractivity contribution in [2.24, 2.45) is 0 Å². The number of fused-ring (bicyclic) bond motifs is 1. The van der Waals surface area contributed by atoms with Crippen LogP contribution in [-0.2, 0) is 0 Å². The topological polar surface area (TPSA) is 24.9 Å². The van der Waals surface area contributed by atoms with E-state index < -0.39 is 11.6 Å². The van der Waals surface area contributed by atoms with Gasteiger partial charge in [0.2, 0.25) is 0 Å². The number of nitrogens with zero attached hydrogens (tertiary/aromatic N) is 1. The highest BCUT2D eigenvalue weighted by Crippen LogP contribution is 2.27. The lowest BCUT2D eigenvalue weighted by Crippen LogP contribution is -1.97. The number of para-hydroxylation sites is 1. The van der Waals surface area contributed by atoms with Crippen molar-refractivity contribution in [3.05, 3.63) is 65.9 Å². The normalized spacial score (nSPS) is 10.8. The van der Waals surface area contributed by atoms with E-state index in [4.69, 9.17) is 0 Å². The van der Waals surface area contributed by atoms with Crippen molar-refractivity contribution in [2.45, 2.75) is 6.92 Å². The number of halogens is 2. The Labute approximate surface area is 115 Å². The zero-order valence-corrected chi connectivity index (χ0v) is 10.8. The van der Waals surface area contributed by atoms with Crippen LogP contribution in [0.15, 0.2) is 48.5 Å². The Morgan fingerprint density at radius 2 is 1.75 bits per heavy atom. The van der Waals surface area contributed by atoms with Gasteiger partial charge < -0.3 is 5.32 Å². The maximum absolute atomic E-state index is 13.7. The zero-order valence-electron chi connectivity index (χ0n) is 10.8. The van der Waals surface area contributed by atoms with Crippen molar-refractivity contribution >= 4 is 22.3 Å². The molecule has 0 aliphatic heterocycles. The average Bonchev–Trinajstić information content (AvgIpc) is 2.41. The van der Waals surface area contributed by atoms with Gasteiger partial charge in [0.15, 0.2) is 0 Å². The number of aromatic nitrogens is 1. The first kappa shape index (κ1) is 12.5. The van der Waals surface area contributed by atoms with Gasteiger partial charge in [0.05, 0.1) is 11.2 Å². The molecule has 2 nitrogen and oxygen atoms in total. The van der Waals surface area contributed by atoms with Gasteiger partial charge in [0, 0.05) is 22.8 Å². The van der Waals surface area contributed by atoms with Gasteiger partial charge in [-0.1, -0.05) is 18.2 Å². The lowest BCUT2D eigenvalue weighted by molar-refractivity contribution is 0.586. The summed E-state index contributed by atoms with van der Waals surface area (Å²) in [6, 6.07) is 12.9. The molecular formula is C16H12F2N2. The van der Waals surface area contributed by atoms with Crippen LogP contribution in [0.5, 0.6) is 0 Å². The standard InChI is InChI=1S/C16H12F2N2/c1-10-8-16(12-4-2-3-5-14(12)19-10)20-15-7-6-11(17)9-13(15)18/h2-9H,1H3,(H,19,20). The Kier molecular flexibility index (Phi) is 3.06. The van der Waals surface area contributed by atoms with E-state index >= 15 is 0 Å². The third-order valence-corrected chi connectivity index (χ3v) is 3.04. The van der Waals surface area contributed by atoms with Gasteiger partial charge in [0.1, 0.15) is 11.6 Å². The van der Waals surface area contributed by atoms with E-state index in [1.54, 1.807) is 0 Å². The summed E-state index contributed by atoms with van der Waals surface area (Å²) in [7, 11) is 0.